The zero-order chi connectivity index (χ0) is 12.3. The average molecular weight is 253 g/mol. The number of hydrogen-bond donors (Lipinski definition) is 0. The van der Waals surface area contributed by atoms with Gasteiger partial charge in [-0.15, -0.1) is 11.3 Å². The lowest BCUT2D eigenvalue weighted by molar-refractivity contribution is -0.482. The molecule has 5 nitrogen and oxygen atoms in total. The second-order valence-electron chi connectivity index (χ2n) is 3.44. The van der Waals surface area contributed by atoms with Crippen LogP contribution in [0.15, 0.2) is 34.1 Å². The quantitative estimate of drug-likeness (QED) is 0.607. The van der Waals surface area contributed by atoms with Gasteiger partial charge in [-0.3, -0.25) is 10.1 Å². The molecular formula is C11H11NO4S. The predicted octanol–water partition coefficient (Wildman–Crippen LogP) is 2.76. The summed E-state index contributed by atoms with van der Waals surface area (Å²) in [6.45, 7) is -0.183. The van der Waals surface area contributed by atoms with E-state index in [0.717, 1.165) is 4.88 Å². The van der Waals surface area contributed by atoms with Crippen molar-refractivity contribution < 1.29 is 14.1 Å². The van der Waals surface area contributed by atoms with Gasteiger partial charge in [0.15, 0.2) is 0 Å². The summed E-state index contributed by atoms with van der Waals surface area (Å²) in [5, 5.41) is 12.6. The van der Waals surface area contributed by atoms with E-state index >= 15 is 0 Å². The number of nitrogens with zero attached hydrogens (tertiary/aromatic N) is 1. The molecule has 0 spiro atoms. The van der Waals surface area contributed by atoms with Crippen LogP contribution < -0.4 is 4.74 Å². The van der Waals surface area contributed by atoms with Crippen LogP contribution in [0.5, 0.6) is 5.95 Å². The molecule has 0 aliphatic heterocycles. The summed E-state index contributed by atoms with van der Waals surface area (Å²) in [4.78, 5) is 11.3. The lowest BCUT2D eigenvalue weighted by atomic mass is 10.1. The number of ether oxygens (including phenoxy) is 1. The van der Waals surface area contributed by atoms with Crippen molar-refractivity contribution in [2.75, 3.05) is 13.7 Å². The standard InChI is InChI=1S/C11H11NO4S/c1-15-11-5-4-9(16-11)8(7-12(13)14)10-3-2-6-17-10/h2-6,8H,7H2,1H3/t8-/m1/s1. The van der Waals surface area contributed by atoms with Gasteiger partial charge in [0.2, 0.25) is 6.54 Å². The number of furan rings is 1. The molecule has 2 aromatic heterocycles. The van der Waals surface area contributed by atoms with Crippen LogP contribution in [-0.2, 0) is 0 Å². The Labute approximate surface area is 102 Å². The van der Waals surface area contributed by atoms with Gasteiger partial charge in [0.25, 0.3) is 5.95 Å². The highest BCUT2D eigenvalue weighted by Crippen LogP contribution is 2.31. The van der Waals surface area contributed by atoms with E-state index in [1.807, 2.05) is 17.5 Å². The van der Waals surface area contributed by atoms with Gasteiger partial charge in [-0.25, -0.2) is 0 Å². The van der Waals surface area contributed by atoms with Crippen LogP contribution >= 0.6 is 11.3 Å². The number of nitro groups is 1. The molecule has 2 rings (SSSR count). The molecular weight excluding hydrogens is 242 g/mol. The Hall–Kier alpha value is -1.82. The van der Waals surface area contributed by atoms with E-state index in [0.29, 0.717) is 11.7 Å². The Balaban J connectivity index is 2.29. The van der Waals surface area contributed by atoms with Gasteiger partial charge in [0, 0.05) is 15.9 Å². The summed E-state index contributed by atoms with van der Waals surface area (Å²) in [7, 11) is 1.50. The largest absolute Gasteiger partial charge is 0.468 e. The minimum Gasteiger partial charge on any atom is -0.468 e. The smallest absolute Gasteiger partial charge is 0.284 e. The van der Waals surface area contributed by atoms with E-state index in [9.17, 15) is 10.1 Å². The fourth-order valence-corrected chi connectivity index (χ4v) is 2.42. The first-order valence-electron chi connectivity index (χ1n) is 4.99. The van der Waals surface area contributed by atoms with Gasteiger partial charge in [-0.2, -0.15) is 0 Å². The van der Waals surface area contributed by atoms with E-state index in [2.05, 4.69) is 0 Å². The fraction of sp³-hybridized carbons (Fsp3) is 0.273. The molecule has 90 valence electrons. The minimum atomic E-state index is -0.353. The third-order valence-electron chi connectivity index (χ3n) is 2.37. The van der Waals surface area contributed by atoms with Crippen LogP contribution in [0.1, 0.15) is 16.6 Å². The fourth-order valence-electron chi connectivity index (χ4n) is 1.59. The highest BCUT2D eigenvalue weighted by atomic mass is 32.1. The molecule has 2 aromatic rings. The lowest BCUT2D eigenvalue weighted by Crippen LogP contribution is -2.12. The van der Waals surface area contributed by atoms with E-state index in [1.165, 1.54) is 18.4 Å². The topological polar surface area (TPSA) is 65.5 Å². The summed E-state index contributed by atoms with van der Waals surface area (Å²) >= 11 is 1.48. The third-order valence-corrected chi connectivity index (χ3v) is 3.35. The van der Waals surface area contributed by atoms with Crippen LogP contribution in [-0.4, -0.2) is 18.6 Å². The third kappa shape index (κ3) is 2.65. The van der Waals surface area contributed by atoms with Crippen LogP contribution in [0.4, 0.5) is 0 Å². The predicted molar refractivity (Wildman–Crippen MR) is 63.3 cm³/mol. The van der Waals surface area contributed by atoms with E-state index in [4.69, 9.17) is 9.15 Å². The van der Waals surface area contributed by atoms with E-state index in [-0.39, 0.29) is 17.4 Å². The Morgan fingerprint density at radius 2 is 2.35 bits per heavy atom. The molecule has 6 heteroatoms. The molecule has 0 unspecified atom stereocenters. The zero-order valence-corrected chi connectivity index (χ0v) is 9.98. The molecule has 17 heavy (non-hydrogen) atoms. The first-order chi connectivity index (χ1) is 8.20. The minimum absolute atomic E-state index is 0.183. The summed E-state index contributed by atoms with van der Waals surface area (Å²) in [5.74, 6) is 0.569. The molecule has 0 saturated heterocycles. The van der Waals surface area contributed by atoms with Gasteiger partial charge in [0.1, 0.15) is 11.7 Å². The zero-order valence-electron chi connectivity index (χ0n) is 9.16. The summed E-state index contributed by atoms with van der Waals surface area (Å²) in [6.07, 6.45) is 0. The molecule has 1 atom stereocenters. The molecule has 0 fully saturated rings. The maximum absolute atomic E-state index is 10.7. The van der Waals surface area contributed by atoms with Crippen molar-refractivity contribution in [3.63, 3.8) is 0 Å². The summed E-state index contributed by atoms with van der Waals surface area (Å²) in [5.41, 5.74) is 0. The average Bonchev–Trinajstić information content (AvgIpc) is 2.97. The SMILES string of the molecule is COc1ccc([C@@H](C[N+](=O)[O-])c2cccs2)o1. The molecule has 0 radical (unpaired) electrons. The first kappa shape index (κ1) is 11.7. The number of rotatable bonds is 5. The first-order valence-corrected chi connectivity index (χ1v) is 5.87. The van der Waals surface area contributed by atoms with Crippen molar-refractivity contribution in [3.8, 4) is 5.95 Å². The highest BCUT2D eigenvalue weighted by molar-refractivity contribution is 7.10. The number of methoxy groups -OCH3 is 1. The maximum atomic E-state index is 10.7. The highest BCUT2D eigenvalue weighted by Gasteiger charge is 2.24. The molecule has 0 N–H and O–H groups in total. The molecule has 0 aliphatic rings. The Morgan fingerprint density at radius 3 is 2.88 bits per heavy atom. The monoisotopic (exact) mass is 253 g/mol. The van der Waals surface area contributed by atoms with Crippen molar-refractivity contribution >= 4 is 11.3 Å². The Kier molecular flexibility index (Phi) is 3.43. The maximum Gasteiger partial charge on any atom is 0.284 e. The van der Waals surface area contributed by atoms with Gasteiger partial charge in [-0.1, -0.05) is 6.07 Å². The summed E-state index contributed by atoms with van der Waals surface area (Å²) < 4.78 is 10.3. The molecule has 0 aromatic carbocycles. The van der Waals surface area contributed by atoms with Crippen molar-refractivity contribution in [1.29, 1.82) is 0 Å². The van der Waals surface area contributed by atoms with Crippen molar-refractivity contribution in [3.05, 3.63) is 50.4 Å². The van der Waals surface area contributed by atoms with Crippen LogP contribution in [0.3, 0.4) is 0 Å². The van der Waals surface area contributed by atoms with Crippen LogP contribution in [0, 0.1) is 10.1 Å². The number of hydrogen-bond acceptors (Lipinski definition) is 5. The van der Waals surface area contributed by atoms with Crippen LogP contribution in [0.25, 0.3) is 0 Å². The number of thiophene rings is 1. The Bertz CT molecular complexity index is 491. The molecule has 0 aliphatic carbocycles. The second-order valence-corrected chi connectivity index (χ2v) is 4.42. The second kappa shape index (κ2) is 5.01. The lowest BCUT2D eigenvalue weighted by Gasteiger charge is -2.07. The van der Waals surface area contributed by atoms with E-state index in [1.54, 1.807) is 12.1 Å². The summed E-state index contributed by atoms with van der Waals surface area (Å²) in [6, 6.07) is 7.11. The van der Waals surface area contributed by atoms with Crippen molar-refractivity contribution in [2.24, 2.45) is 0 Å². The van der Waals surface area contributed by atoms with E-state index < -0.39 is 0 Å². The molecule has 0 saturated carbocycles. The normalized spacial score (nSPS) is 12.3. The van der Waals surface area contributed by atoms with Gasteiger partial charge in [0.05, 0.1) is 7.11 Å². The Morgan fingerprint density at radius 1 is 1.53 bits per heavy atom. The molecule has 0 bridgehead atoms. The molecule has 2 heterocycles. The van der Waals surface area contributed by atoms with Gasteiger partial charge in [-0.05, 0) is 17.5 Å². The van der Waals surface area contributed by atoms with Crippen molar-refractivity contribution in [1.82, 2.24) is 0 Å². The van der Waals surface area contributed by atoms with Gasteiger partial charge < -0.3 is 9.15 Å². The van der Waals surface area contributed by atoms with Gasteiger partial charge >= 0.3 is 0 Å². The van der Waals surface area contributed by atoms with Crippen molar-refractivity contribution in [2.45, 2.75) is 5.92 Å². The van der Waals surface area contributed by atoms with Crippen LogP contribution in [0.2, 0.25) is 0 Å². The molecule has 0 amide bonds.